The van der Waals surface area contributed by atoms with Crippen molar-refractivity contribution < 1.29 is 28.6 Å². The van der Waals surface area contributed by atoms with Crippen LogP contribution < -0.4 is 10.1 Å². The van der Waals surface area contributed by atoms with Crippen LogP contribution in [0.3, 0.4) is 0 Å². The summed E-state index contributed by atoms with van der Waals surface area (Å²) in [6.45, 7) is 0.335. The van der Waals surface area contributed by atoms with Crippen molar-refractivity contribution in [2.24, 2.45) is 0 Å². The molecule has 0 unspecified atom stereocenters. The number of thiophene rings is 1. The number of carboxylic acid groups (broad SMARTS) is 1. The van der Waals surface area contributed by atoms with Gasteiger partial charge in [0.05, 0.1) is 35.3 Å². The fourth-order valence-corrected chi connectivity index (χ4v) is 7.60. The van der Waals surface area contributed by atoms with Crippen LogP contribution in [0.4, 0.5) is 10.1 Å². The zero-order valence-electron chi connectivity index (χ0n) is 23.7. The van der Waals surface area contributed by atoms with E-state index >= 15 is 4.39 Å². The normalized spacial score (nSPS) is 16.2. The number of aromatic nitrogens is 2. The van der Waals surface area contributed by atoms with E-state index < -0.39 is 29.3 Å². The maximum Gasteiger partial charge on any atom is 0.303 e. The number of nitrogens with zero attached hydrogens (tertiary/aromatic N) is 3. The highest BCUT2D eigenvalue weighted by molar-refractivity contribution is 7.17. The largest absolute Gasteiger partial charge is 0.481 e. The van der Waals surface area contributed by atoms with Crippen molar-refractivity contribution in [3.8, 4) is 5.75 Å². The highest BCUT2D eigenvalue weighted by Gasteiger charge is 2.50. The van der Waals surface area contributed by atoms with Gasteiger partial charge in [0.2, 0.25) is 11.6 Å². The lowest BCUT2D eigenvalue weighted by atomic mass is 10.1. The Morgan fingerprint density at radius 1 is 1.16 bits per heavy atom. The summed E-state index contributed by atoms with van der Waals surface area (Å²) in [7, 11) is 0. The van der Waals surface area contributed by atoms with Crippen LogP contribution in [0.15, 0.2) is 72.5 Å². The van der Waals surface area contributed by atoms with Gasteiger partial charge in [-0.15, -0.1) is 22.7 Å². The minimum atomic E-state index is -1.29. The second-order valence-corrected chi connectivity index (χ2v) is 12.9. The van der Waals surface area contributed by atoms with Crippen LogP contribution in [0.2, 0.25) is 5.02 Å². The third-order valence-corrected chi connectivity index (χ3v) is 9.95. The van der Waals surface area contributed by atoms with Crippen molar-refractivity contribution in [2.45, 2.75) is 37.8 Å². The minimum Gasteiger partial charge on any atom is -0.481 e. The zero-order chi connectivity index (χ0) is 31.6. The Hall–Kier alpha value is -4.39. The summed E-state index contributed by atoms with van der Waals surface area (Å²) >= 11 is 9.21. The predicted molar refractivity (Wildman–Crippen MR) is 170 cm³/mol. The van der Waals surface area contributed by atoms with Crippen molar-refractivity contribution in [1.29, 1.82) is 0 Å². The van der Waals surface area contributed by atoms with Crippen LogP contribution >= 0.6 is 34.3 Å². The first-order chi connectivity index (χ1) is 21.7. The molecule has 0 bridgehead atoms. The molecule has 230 valence electrons. The van der Waals surface area contributed by atoms with E-state index in [2.05, 4.69) is 15.3 Å². The van der Waals surface area contributed by atoms with Crippen LogP contribution in [0.1, 0.15) is 45.1 Å². The van der Waals surface area contributed by atoms with Gasteiger partial charge < -0.3 is 15.2 Å². The van der Waals surface area contributed by atoms with Crippen molar-refractivity contribution in [2.75, 3.05) is 11.9 Å². The molecule has 13 heteroatoms. The maximum atomic E-state index is 15.5. The Balaban J connectivity index is 1.24. The number of rotatable bonds is 10. The van der Waals surface area contributed by atoms with Gasteiger partial charge in [0, 0.05) is 45.7 Å². The summed E-state index contributed by atoms with van der Waals surface area (Å²) < 4.78 is 22.9. The number of carboxylic acids is 1. The molecule has 1 fully saturated rings. The van der Waals surface area contributed by atoms with Gasteiger partial charge >= 0.3 is 5.97 Å². The van der Waals surface area contributed by atoms with E-state index in [9.17, 15) is 14.4 Å². The van der Waals surface area contributed by atoms with Gasteiger partial charge in [0.25, 0.3) is 5.91 Å². The molecule has 9 nitrogen and oxygen atoms in total. The van der Waals surface area contributed by atoms with E-state index in [4.69, 9.17) is 21.4 Å². The Morgan fingerprint density at radius 2 is 2.00 bits per heavy atom. The lowest BCUT2D eigenvalue weighted by Crippen LogP contribution is -2.49. The van der Waals surface area contributed by atoms with Crippen LogP contribution in [0.25, 0.3) is 10.1 Å². The summed E-state index contributed by atoms with van der Waals surface area (Å²) in [4.78, 5) is 49.0. The fraction of sp³-hybridized carbons (Fsp3) is 0.219. The number of aliphatic carboxylic acids is 1. The molecule has 1 atom stereocenters. The summed E-state index contributed by atoms with van der Waals surface area (Å²) in [5.74, 6) is -2.02. The summed E-state index contributed by atoms with van der Waals surface area (Å²) in [6.07, 6.45) is 5.68. The zero-order valence-corrected chi connectivity index (χ0v) is 26.1. The first kappa shape index (κ1) is 30.6. The molecule has 2 aromatic carbocycles. The van der Waals surface area contributed by atoms with Gasteiger partial charge in [-0.3, -0.25) is 24.3 Å². The van der Waals surface area contributed by atoms with Gasteiger partial charge in [0.15, 0.2) is 5.01 Å². The number of carbonyl (C=O) groups is 3. The molecule has 0 spiro atoms. The molecule has 0 saturated carbocycles. The fourth-order valence-electron chi connectivity index (χ4n) is 5.35. The molecule has 2 amide bonds. The molecule has 1 aliphatic rings. The van der Waals surface area contributed by atoms with Crippen molar-refractivity contribution >= 4 is 67.8 Å². The van der Waals surface area contributed by atoms with E-state index in [1.54, 1.807) is 34.8 Å². The van der Waals surface area contributed by atoms with Gasteiger partial charge in [-0.2, -0.15) is 0 Å². The van der Waals surface area contributed by atoms with E-state index in [-0.39, 0.29) is 29.1 Å². The van der Waals surface area contributed by atoms with Crippen molar-refractivity contribution in [3.63, 3.8) is 0 Å². The molecule has 4 heterocycles. The number of hydrogen-bond acceptors (Lipinski definition) is 8. The first-order valence-electron chi connectivity index (χ1n) is 14.1. The Labute approximate surface area is 270 Å². The minimum absolute atomic E-state index is 0.0545. The van der Waals surface area contributed by atoms with E-state index in [0.717, 1.165) is 21.0 Å². The third kappa shape index (κ3) is 6.39. The third-order valence-electron chi connectivity index (χ3n) is 7.48. The molecule has 1 saturated heterocycles. The number of halogens is 2. The lowest BCUT2D eigenvalue weighted by Gasteiger charge is -2.37. The standard InChI is InChI=1S/C32H26ClFN4O5S2/c33-24-13-19(25(34)15-26(24)37-30(42)23-18-44-27-7-2-1-6-22(23)27)14-28(39)38-12-4-10-32(38,43-20-5-3-11-35-16-20)31-36-17-21(45-31)8-9-29(40)41/h1-3,5-7,11,13,15-18H,4,8-10,12,14H2,(H,37,42)(H,40,41)/t32-/m0/s1. The molecular formula is C32H26ClFN4O5S2. The SMILES string of the molecule is O=C(O)CCc1cnc([C@@]2(Oc3cccnc3)CCCN2C(=O)Cc2cc(Cl)c(NC(=O)c3csc4ccccc34)cc2F)s1. The molecule has 45 heavy (non-hydrogen) atoms. The molecule has 3 aromatic heterocycles. The number of likely N-dealkylation sites (tertiary alicyclic amines) is 1. The van der Waals surface area contributed by atoms with Crippen LogP contribution in [-0.4, -0.2) is 44.3 Å². The number of pyridine rings is 1. The number of fused-ring (bicyclic) bond motifs is 1. The molecule has 6 rings (SSSR count). The Kier molecular flexibility index (Phi) is 8.79. The molecule has 0 radical (unpaired) electrons. The topological polar surface area (TPSA) is 122 Å². The van der Waals surface area contributed by atoms with Crippen molar-refractivity contribution in [1.82, 2.24) is 14.9 Å². The number of carbonyl (C=O) groups excluding carboxylic acids is 2. The molecular weight excluding hydrogens is 639 g/mol. The quantitative estimate of drug-likeness (QED) is 0.166. The summed E-state index contributed by atoms with van der Waals surface area (Å²) in [5.41, 5.74) is -0.673. The number of amides is 2. The van der Waals surface area contributed by atoms with Crippen LogP contribution in [0, 0.1) is 5.82 Å². The van der Waals surface area contributed by atoms with Crippen LogP contribution in [-0.2, 0) is 28.2 Å². The smallest absolute Gasteiger partial charge is 0.303 e. The Morgan fingerprint density at radius 3 is 2.80 bits per heavy atom. The number of thiazole rings is 1. The van der Waals surface area contributed by atoms with Gasteiger partial charge in [0.1, 0.15) is 11.6 Å². The summed E-state index contributed by atoms with van der Waals surface area (Å²) in [6, 6.07) is 13.4. The van der Waals surface area contributed by atoms with Gasteiger partial charge in [-0.25, -0.2) is 9.37 Å². The molecule has 5 aromatic rings. The second kappa shape index (κ2) is 12.9. The second-order valence-electron chi connectivity index (χ2n) is 10.4. The number of nitrogens with one attached hydrogen (secondary N) is 1. The number of aryl methyl sites for hydroxylation is 1. The molecule has 2 N–H and O–H groups in total. The maximum absolute atomic E-state index is 15.5. The van der Waals surface area contributed by atoms with Gasteiger partial charge in [-0.1, -0.05) is 29.8 Å². The van der Waals surface area contributed by atoms with Crippen molar-refractivity contribution in [3.05, 3.63) is 104 Å². The van der Waals surface area contributed by atoms with E-state index in [0.29, 0.717) is 42.1 Å². The molecule has 1 aliphatic heterocycles. The number of hydrogen-bond donors (Lipinski definition) is 2. The molecule has 0 aliphatic carbocycles. The highest BCUT2D eigenvalue weighted by atomic mass is 35.5. The lowest BCUT2D eigenvalue weighted by molar-refractivity contribution is -0.149. The van der Waals surface area contributed by atoms with Crippen LogP contribution in [0.5, 0.6) is 5.75 Å². The van der Waals surface area contributed by atoms with E-state index in [1.165, 1.54) is 34.9 Å². The number of ether oxygens (including phenoxy) is 1. The van der Waals surface area contributed by atoms with Gasteiger partial charge in [-0.05, 0) is 48.7 Å². The first-order valence-corrected chi connectivity index (χ1v) is 16.1. The highest BCUT2D eigenvalue weighted by Crippen LogP contribution is 2.43. The monoisotopic (exact) mass is 664 g/mol. The Bertz CT molecular complexity index is 1900. The number of benzene rings is 2. The predicted octanol–water partition coefficient (Wildman–Crippen LogP) is 6.91. The summed E-state index contributed by atoms with van der Waals surface area (Å²) in [5, 5.41) is 14.9. The average molecular weight is 665 g/mol. The number of anilines is 1. The van der Waals surface area contributed by atoms with E-state index in [1.807, 2.05) is 24.3 Å². The average Bonchev–Trinajstić information content (AvgIpc) is 3.78.